The zero-order chi connectivity index (χ0) is 12.3. The Labute approximate surface area is 105 Å². The Hall–Kier alpha value is -1.39. The van der Waals surface area contributed by atoms with Crippen molar-refractivity contribution in [1.82, 2.24) is 10.1 Å². The Morgan fingerprint density at radius 3 is 2.71 bits per heavy atom. The lowest BCUT2D eigenvalue weighted by Crippen LogP contribution is -2.08. The molecule has 2 aromatic rings. The molecule has 90 valence electrons. The highest BCUT2D eigenvalue weighted by Gasteiger charge is 2.12. The maximum Gasteiger partial charge on any atom is 0.243 e. The van der Waals surface area contributed by atoms with Gasteiger partial charge in [-0.2, -0.15) is 4.98 Å². The van der Waals surface area contributed by atoms with E-state index in [4.69, 9.17) is 21.9 Å². The summed E-state index contributed by atoms with van der Waals surface area (Å²) in [5, 5.41) is 4.62. The van der Waals surface area contributed by atoms with Crippen LogP contribution in [0.15, 0.2) is 28.8 Å². The van der Waals surface area contributed by atoms with Gasteiger partial charge in [-0.1, -0.05) is 35.8 Å². The van der Waals surface area contributed by atoms with E-state index >= 15 is 0 Å². The van der Waals surface area contributed by atoms with Gasteiger partial charge in [0, 0.05) is 11.4 Å². The highest BCUT2D eigenvalue weighted by atomic mass is 35.5. The molecule has 1 unspecified atom stereocenters. The largest absolute Gasteiger partial charge is 0.338 e. The molecule has 0 bridgehead atoms. The number of nitrogens with two attached hydrogens (primary N) is 1. The van der Waals surface area contributed by atoms with Crippen LogP contribution in [0.4, 0.5) is 0 Å². The summed E-state index contributed by atoms with van der Waals surface area (Å²) in [5.74, 6) is 1.14. The van der Waals surface area contributed by atoms with Gasteiger partial charge in [0.1, 0.15) is 0 Å². The molecule has 1 aromatic carbocycles. The second-order valence-electron chi connectivity index (χ2n) is 3.87. The molecule has 1 aromatic heterocycles. The molecule has 0 saturated heterocycles. The van der Waals surface area contributed by atoms with Crippen LogP contribution in [0.1, 0.15) is 36.7 Å². The maximum absolute atomic E-state index is 5.81. The van der Waals surface area contributed by atoms with Gasteiger partial charge in [-0.15, -0.1) is 0 Å². The molecule has 1 atom stereocenters. The molecule has 0 spiro atoms. The molecule has 17 heavy (non-hydrogen) atoms. The first-order valence-corrected chi connectivity index (χ1v) is 5.89. The van der Waals surface area contributed by atoms with Crippen LogP contribution in [0.25, 0.3) is 0 Å². The van der Waals surface area contributed by atoms with Crippen LogP contribution in [0, 0.1) is 0 Å². The average molecular weight is 252 g/mol. The van der Waals surface area contributed by atoms with Crippen molar-refractivity contribution in [2.45, 2.75) is 25.8 Å². The van der Waals surface area contributed by atoms with Gasteiger partial charge < -0.3 is 10.3 Å². The van der Waals surface area contributed by atoms with Crippen molar-refractivity contribution in [1.29, 1.82) is 0 Å². The van der Waals surface area contributed by atoms with Crippen LogP contribution in [-0.2, 0) is 6.42 Å². The van der Waals surface area contributed by atoms with Gasteiger partial charge in [-0.25, -0.2) is 0 Å². The summed E-state index contributed by atoms with van der Waals surface area (Å²) in [6, 6.07) is 7.39. The van der Waals surface area contributed by atoms with Gasteiger partial charge in [0.15, 0.2) is 5.82 Å². The lowest BCUT2D eigenvalue weighted by Gasteiger charge is -1.99. The zero-order valence-electron chi connectivity index (χ0n) is 9.56. The van der Waals surface area contributed by atoms with Crippen molar-refractivity contribution >= 4 is 11.6 Å². The number of hydrogen-bond donors (Lipinski definition) is 1. The number of nitrogens with zero attached hydrogens (tertiary/aromatic N) is 2. The lowest BCUT2D eigenvalue weighted by atomic mass is 10.1. The molecule has 0 fully saturated rings. The minimum absolute atomic E-state index is 0.179. The van der Waals surface area contributed by atoms with E-state index in [1.54, 1.807) is 0 Å². The topological polar surface area (TPSA) is 64.9 Å². The molecule has 0 aliphatic carbocycles. The van der Waals surface area contributed by atoms with Crippen LogP contribution >= 0.6 is 11.6 Å². The SMILES string of the molecule is CCC(N)c1nc(Cc2ccc(Cl)cc2)no1. The van der Waals surface area contributed by atoms with Crippen molar-refractivity contribution < 1.29 is 4.52 Å². The van der Waals surface area contributed by atoms with Gasteiger partial charge in [-0.3, -0.25) is 0 Å². The lowest BCUT2D eigenvalue weighted by molar-refractivity contribution is 0.348. The molecule has 0 aliphatic heterocycles. The summed E-state index contributed by atoms with van der Waals surface area (Å²) < 4.78 is 5.10. The van der Waals surface area contributed by atoms with Crippen molar-refractivity contribution in [3.8, 4) is 0 Å². The summed E-state index contributed by atoms with van der Waals surface area (Å²) in [6.07, 6.45) is 1.40. The Kier molecular flexibility index (Phi) is 3.76. The van der Waals surface area contributed by atoms with E-state index in [1.165, 1.54) is 0 Å². The third kappa shape index (κ3) is 3.05. The van der Waals surface area contributed by atoms with E-state index in [0.717, 1.165) is 17.0 Å². The van der Waals surface area contributed by atoms with Crippen molar-refractivity contribution in [2.24, 2.45) is 5.73 Å². The standard InChI is InChI=1S/C12H14ClN3O/c1-2-10(14)12-15-11(16-17-12)7-8-3-5-9(13)6-4-8/h3-6,10H,2,7,14H2,1H3. The predicted octanol–water partition coefficient (Wildman–Crippen LogP) is 2.72. The van der Waals surface area contributed by atoms with Crippen LogP contribution < -0.4 is 5.73 Å². The summed E-state index contributed by atoms with van der Waals surface area (Å²) in [4.78, 5) is 4.26. The van der Waals surface area contributed by atoms with Crippen molar-refractivity contribution in [3.05, 3.63) is 46.6 Å². The van der Waals surface area contributed by atoms with Crippen LogP contribution in [0.5, 0.6) is 0 Å². The Bertz CT molecular complexity index is 481. The second kappa shape index (κ2) is 5.29. The molecule has 0 aliphatic rings. The summed E-state index contributed by atoms with van der Waals surface area (Å²) in [6.45, 7) is 1.98. The minimum atomic E-state index is -0.179. The third-order valence-electron chi connectivity index (χ3n) is 2.52. The summed E-state index contributed by atoms with van der Waals surface area (Å²) in [7, 11) is 0. The predicted molar refractivity (Wildman–Crippen MR) is 65.8 cm³/mol. The first kappa shape index (κ1) is 12.1. The Morgan fingerprint density at radius 2 is 2.06 bits per heavy atom. The molecule has 4 nitrogen and oxygen atoms in total. The normalized spacial score (nSPS) is 12.6. The fourth-order valence-electron chi connectivity index (χ4n) is 1.45. The summed E-state index contributed by atoms with van der Waals surface area (Å²) in [5.41, 5.74) is 6.90. The molecule has 2 N–H and O–H groups in total. The van der Waals surface area contributed by atoms with E-state index in [2.05, 4.69) is 10.1 Å². The molecule has 2 rings (SSSR count). The van der Waals surface area contributed by atoms with E-state index in [9.17, 15) is 0 Å². The average Bonchev–Trinajstić information content (AvgIpc) is 2.80. The smallest absolute Gasteiger partial charge is 0.243 e. The Balaban J connectivity index is 2.08. The van der Waals surface area contributed by atoms with Gasteiger partial charge in [0.25, 0.3) is 0 Å². The molecule has 5 heteroatoms. The highest BCUT2D eigenvalue weighted by Crippen LogP contribution is 2.14. The molecule has 0 saturated carbocycles. The monoisotopic (exact) mass is 251 g/mol. The van der Waals surface area contributed by atoms with Gasteiger partial charge >= 0.3 is 0 Å². The minimum Gasteiger partial charge on any atom is -0.338 e. The first-order chi connectivity index (χ1) is 8.19. The van der Waals surface area contributed by atoms with E-state index < -0.39 is 0 Å². The van der Waals surface area contributed by atoms with Crippen LogP contribution in [0.3, 0.4) is 0 Å². The Morgan fingerprint density at radius 1 is 1.35 bits per heavy atom. The van der Waals surface area contributed by atoms with Gasteiger partial charge in [-0.05, 0) is 24.1 Å². The molecule has 1 heterocycles. The fourth-order valence-corrected chi connectivity index (χ4v) is 1.58. The first-order valence-electron chi connectivity index (χ1n) is 5.51. The fraction of sp³-hybridized carbons (Fsp3) is 0.333. The molecular weight excluding hydrogens is 238 g/mol. The molecular formula is C12H14ClN3O. The number of hydrogen-bond acceptors (Lipinski definition) is 4. The molecule has 0 amide bonds. The van der Waals surface area contributed by atoms with Crippen LogP contribution in [-0.4, -0.2) is 10.1 Å². The van der Waals surface area contributed by atoms with E-state index in [0.29, 0.717) is 18.1 Å². The molecule has 0 radical (unpaired) electrons. The van der Waals surface area contributed by atoms with Crippen LogP contribution in [0.2, 0.25) is 5.02 Å². The van der Waals surface area contributed by atoms with Crippen molar-refractivity contribution in [2.75, 3.05) is 0 Å². The van der Waals surface area contributed by atoms with E-state index in [1.807, 2.05) is 31.2 Å². The number of rotatable bonds is 4. The van der Waals surface area contributed by atoms with Crippen molar-refractivity contribution in [3.63, 3.8) is 0 Å². The number of halogens is 1. The highest BCUT2D eigenvalue weighted by molar-refractivity contribution is 6.30. The zero-order valence-corrected chi connectivity index (χ0v) is 10.3. The number of aromatic nitrogens is 2. The van der Waals surface area contributed by atoms with E-state index in [-0.39, 0.29) is 6.04 Å². The van der Waals surface area contributed by atoms with Gasteiger partial charge in [0.05, 0.1) is 6.04 Å². The van der Waals surface area contributed by atoms with Gasteiger partial charge in [0.2, 0.25) is 5.89 Å². The number of benzene rings is 1. The quantitative estimate of drug-likeness (QED) is 0.907. The second-order valence-corrected chi connectivity index (χ2v) is 4.30. The third-order valence-corrected chi connectivity index (χ3v) is 2.77. The summed E-state index contributed by atoms with van der Waals surface area (Å²) >= 11 is 5.81. The maximum atomic E-state index is 5.81.